The third-order valence-electron chi connectivity index (χ3n) is 2.75. The minimum Gasteiger partial charge on any atom is -0.316 e. The first-order chi connectivity index (χ1) is 5.84. The average Bonchev–Trinajstić information content (AvgIpc) is 2.33. The summed E-state index contributed by atoms with van der Waals surface area (Å²) in [6.07, 6.45) is 4.14. The van der Waals surface area contributed by atoms with Gasteiger partial charge >= 0.3 is 0 Å². The highest BCUT2D eigenvalue weighted by atomic mass is 14.9. The van der Waals surface area contributed by atoms with Gasteiger partial charge in [0.05, 0.1) is 0 Å². The molecule has 0 bridgehead atoms. The molecule has 1 N–H and O–H groups in total. The van der Waals surface area contributed by atoms with E-state index in [1.165, 1.54) is 32.4 Å². The van der Waals surface area contributed by atoms with Crippen LogP contribution in [0.25, 0.3) is 0 Å². The predicted molar refractivity (Wildman–Crippen MR) is 56.4 cm³/mol. The monoisotopic (exact) mass is 171 g/mol. The van der Waals surface area contributed by atoms with Gasteiger partial charge in [0, 0.05) is 0 Å². The maximum atomic E-state index is 3.48. The topological polar surface area (TPSA) is 12.0 Å². The summed E-state index contributed by atoms with van der Waals surface area (Å²) in [4.78, 5) is 0. The van der Waals surface area contributed by atoms with Crippen LogP contribution in [-0.2, 0) is 0 Å². The van der Waals surface area contributed by atoms with Crippen molar-refractivity contribution in [2.75, 3.05) is 13.1 Å². The van der Waals surface area contributed by atoms with Crippen LogP contribution in [0.2, 0.25) is 0 Å². The molecule has 0 spiro atoms. The zero-order valence-electron chi connectivity index (χ0n) is 9.19. The normalized spacial score (nSPS) is 30.0. The molecule has 2 atom stereocenters. The lowest BCUT2D eigenvalue weighted by Crippen LogP contribution is -2.22. The molecule has 1 heterocycles. The van der Waals surface area contributed by atoms with Crippen molar-refractivity contribution in [2.24, 2.45) is 11.8 Å². The Morgan fingerprint density at radius 3 is 2.58 bits per heavy atom. The van der Waals surface area contributed by atoms with Crippen LogP contribution in [-0.4, -0.2) is 13.1 Å². The summed E-state index contributed by atoms with van der Waals surface area (Å²) in [6, 6.07) is 0. The first kappa shape index (κ1) is 12.0. The fourth-order valence-electron chi connectivity index (χ4n) is 1.82. The Hall–Kier alpha value is -0.0400. The summed E-state index contributed by atoms with van der Waals surface area (Å²) < 4.78 is 0. The van der Waals surface area contributed by atoms with E-state index in [2.05, 4.69) is 19.2 Å². The van der Waals surface area contributed by atoms with Crippen molar-refractivity contribution in [3.63, 3.8) is 0 Å². The van der Waals surface area contributed by atoms with Gasteiger partial charge in [0.25, 0.3) is 0 Å². The summed E-state index contributed by atoms with van der Waals surface area (Å²) in [5, 5.41) is 3.48. The van der Waals surface area contributed by atoms with Crippen LogP contribution in [0, 0.1) is 11.8 Å². The molecule has 0 aromatic rings. The van der Waals surface area contributed by atoms with Gasteiger partial charge in [0.15, 0.2) is 0 Å². The largest absolute Gasteiger partial charge is 0.316 e. The van der Waals surface area contributed by atoms with E-state index in [0.29, 0.717) is 0 Å². The molecule has 12 heavy (non-hydrogen) atoms. The van der Waals surface area contributed by atoms with Gasteiger partial charge < -0.3 is 5.32 Å². The molecule has 1 saturated heterocycles. The van der Waals surface area contributed by atoms with Gasteiger partial charge in [-0.25, -0.2) is 0 Å². The van der Waals surface area contributed by atoms with Crippen LogP contribution in [0.15, 0.2) is 0 Å². The Morgan fingerprint density at radius 2 is 2.00 bits per heavy atom. The highest BCUT2D eigenvalue weighted by molar-refractivity contribution is 4.71. The van der Waals surface area contributed by atoms with Gasteiger partial charge in [0.1, 0.15) is 0 Å². The molecule has 0 amide bonds. The number of nitrogens with one attached hydrogen (secondary N) is 1. The van der Waals surface area contributed by atoms with E-state index < -0.39 is 0 Å². The molecule has 1 heteroatoms. The second-order valence-electron chi connectivity index (χ2n) is 3.49. The van der Waals surface area contributed by atoms with E-state index in [1.54, 1.807) is 0 Å². The standard InChI is InChI=1S/C9H19N.C2H6/c1-3-9-7-10-6-4-5-8(9)2;1-2/h8-10H,3-7H2,1-2H3;1-2H3. The van der Waals surface area contributed by atoms with Crippen molar-refractivity contribution in [3.05, 3.63) is 0 Å². The first-order valence-corrected chi connectivity index (χ1v) is 5.55. The molecule has 0 saturated carbocycles. The van der Waals surface area contributed by atoms with E-state index >= 15 is 0 Å². The third-order valence-corrected chi connectivity index (χ3v) is 2.75. The van der Waals surface area contributed by atoms with E-state index in [4.69, 9.17) is 0 Å². The van der Waals surface area contributed by atoms with Crippen LogP contribution < -0.4 is 5.32 Å². The lowest BCUT2D eigenvalue weighted by molar-refractivity contribution is 0.344. The molecule has 1 fully saturated rings. The van der Waals surface area contributed by atoms with E-state index in [9.17, 15) is 0 Å². The second-order valence-corrected chi connectivity index (χ2v) is 3.49. The van der Waals surface area contributed by atoms with E-state index in [0.717, 1.165) is 11.8 Å². The smallest absolute Gasteiger partial charge is 0.00181 e. The van der Waals surface area contributed by atoms with Crippen molar-refractivity contribution in [1.29, 1.82) is 0 Å². The fraction of sp³-hybridized carbons (Fsp3) is 1.00. The van der Waals surface area contributed by atoms with Gasteiger partial charge in [-0.2, -0.15) is 0 Å². The Balaban J connectivity index is 0.000000561. The highest BCUT2D eigenvalue weighted by Gasteiger charge is 2.16. The summed E-state index contributed by atoms with van der Waals surface area (Å²) >= 11 is 0. The predicted octanol–water partition coefficient (Wildman–Crippen LogP) is 3.06. The SMILES string of the molecule is CC.CCC1CNCCCC1C. The molecular formula is C11H25N. The molecule has 0 aromatic heterocycles. The van der Waals surface area contributed by atoms with Crippen LogP contribution in [0.1, 0.15) is 47.0 Å². The molecule has 1 rings (SSSR count). The second kappa shape index (κ2) is 7.60. The van der Waals surface area contributed by atoms with Crippen LogP contribution in [0.3, 0.4) is 0 Å². The molecule has 74 valence electrons. The molecule has 2 unspecified atom stereocenters. The zero-order valence-corrected chi connectivity index (χ0v) is 9.19. The molecule has 0 aromatic carbocycles. The van der Waals surface area contributed by atoms with E-state index in [-0.39, 0.29) is 0 Å². The van der Waals surface area contributed by atoms with Crippen molar-refractivity contribution in [2.45, 2.75) is 47.0 Å². The lowest BCUT2D eigenvalue weighted by Gasteiger charge is -2.18. The van der Waals surface area contributed by atoms with Crippen LogP contribution >= 0.6 is 0 Å². The van der Waals surface area contributed by atoms with Crippen molar-refractivity contribution >= 4 is 0 Å². The van der Waals surface area contributed by atoms with Gasteiger partial charge in [-0.1, -0.05) is 34.1 Å². The van der Waals surface area contributed by atoms with Gasteiger partial charge in [0.2, 0.25) is 0 Å². The summed E-state index contributed by atoms with van der Waals surface area (Å²) in [5.41, 5.74) is 0. The summed E-state index contributed by atoms with van der Waals surface area (Å²) in [7, 11) is 0. The first-order valence-electron chi connectivity index (χ1n) is 5.55. The van der Waals surface area contributed by atoms with Gasteiger partial charge in [-0.3, -0.25) is 0 Å². The minimum absolute atomic E-state index is 0.933. The quantitative estimate of drug-likeness (QED) is 0.639. The molecule has 0 radical (unpaired) electrons. The Morgan fingerprint density at radius 1 is 1.33 bits per heavy atom. The van der Waals surface area contributed by atoms with Crippen molar-refractivity contribution in [1.82, 2.24) is 5.32 Å². The molecule has 1 nitrogen and oxygen atoms in total. The molecule has 1 aliphatic heterocycles. The van der Waals surface area contributed by atoms with Crippen molar-refractivity contribution < 1.29 is 0 Å². The maximum Gasteiger partial charge on any atom is -0.00181 e. The highest BCUT2D eigenvalue weighted by Crippen LogP contribution is 2.21. The number of hydrogen-bond acceptors (Lipinski definition) is 1. The third kappa shape index (κ3) is 4.10. The number of rotatable bonds is 1. The molecule has 0 aliphatic carbocycles. The van der Waals surface area contributed by atoms with Gasteiger partial charge in [-0.05, 0) is 37.8 Å². The fourth-order valence-corrected chi connectivity index (χ4v) is 1.82. The average molecular weight is 171 g/mol. The lowest BCUT2D eigenvalue weighted by atomic mass is 9.89. The summed E-state index contributed by atoms with van der Waals surface area (Å²) in [6.45, 7) is 11.2. The van der Waals surface area contributed by atoms with E-state index in [1.807, 2.05) is 13.8 Å². The van der Waals surface area contributed by atoms with Crippen molar-refractivity contribution in [3.8, 4) is 0 Å². The maximum absolute atomic E-state index is 3.48. The van der Waals surface area contributed by atoms with Crippen LogP contribution in [0.5, 0.6) is 0 Å². The zero-order chi connectivity index (χ0) is 9.40. The summed E-state index contributed by atoms with van der Waals surface area (Å²) in [5.74, 6) is 1.88. The van der Waals surface area contributed by atoms with Gasteiger partial charge in [-0.15, -0.1) is 0 Å². The number of hydrogen-bond donors (Lipinski definition) is 1. The van der Waals surface area contributed by atoms with Crippen LogP contribution in [0.4, 0.5) is 0 Å². The Bertz CT molecular complexity index is 91.0. The Kier molecular flexibility index (Phi) is 7.58. The molecular weight excluding hydrogens is 146 g/mol. The Labute approximate surface area is 77.9 Å². The minimum atomic E-state index is 0.933. The molecule has 1 aliphatic rings.